The summed E-state index contributed by atoms with van der Waals surface area (Å²) in [6.07, 6.45) is 0.776. The van der Waals surface area contributed by atoms with Gasteiger partial charge in [-0.1, -0.05) is 6.07 Å². The molecule has 0 radical (unpaired) electrons. The zero-order valence-corrected chi connectivity index (χ0v) is 9.11. The fourth-order valence-corrected chi connectivity index (χ4v) is 1.66. The van der Waals surface area contributed by atoms with E-state index in [1.54, 1.807) is 6.07 Å². The van der Waals surface area contributed by atoms with E-state index in [1.165, 1.54) is 13.2 Å². The molecular weight excluding hydrogens is 209 g/mol. The summed E-state index contributed by atoms with van der Waals surface area (Å²) in [6.45, 7) is 1.36. The summed E-state index contributed by atoms with van der Waals surface area (Å²) in [4.78, 5) is 0. The first-order chi connectivity index (χ1) is 7.69. The molecule has 86 valence electrons. The topological polar surface area (TPSA) is 50.9 Å². The molecule has 0 aliphatic carbocycles. The van der Waals surface area contributed by atoms with Crippen LogP contribution in [0.15, 0.2) is 23.3 Å². The number of amidine groups is 1. The first-order valence-corrected chi connectivity index (χ1v) is 5.09. The van der Waals surface area contributed by atoms with E-state index >= 15 is 0 Å². The molecule has 1 aromatic carbocycles. The van der Waals surface area contributed by atoms with E-state index in [4.69, 9.17) is 10.5 Å². The third-order valence-corrected chi connectivity index (χ3v) is 2.48. The van der Waals surface area contributed by atoms with Gasteiger partial charge in [-0.2, -0.15) is 5.10 Å². The third kappa shape index (κ3) is 2.24. The largest absolute Gasteiger partial charge is 0.494 e. The number of rotatable bonds is 3. The number of benzene rings is 1. The number of hydrazone groups is 1. The molecule has 0 saturated heterocycles. The van der Waals surface area contributed by atoms with Crippen LogP contribution in [-0.4, -0.2) is 24.5 Å². The Balaban J connectivity index is 2.08. The predicted octanol–water partition coefficient (Wildman–Crippen LogP) is 1.31. The van der Waals surface area contributed by atoms with Gasteiger partial charge in [0.15, 0.2) is 11.6 Å². The van der Waals surface area contributed by atoms with Crippen LogP contribution in [0.5, 0.6) is 5.75 Å². The van der Waals surface area contributed by atoms with Crippen molar-refractivity contribution in [3.63, 3.8) is 0 Å². The van der Waals surface area contributed by atoms with Gasteiger partial charge in [-0.25, -0.2) is 4.39 Å². The molecule has 1 aliphatic heterocycles. The quantitative estimate of drug-likeness (QED) is 0.840. The second-order valence-corrected chi connectivity index (χ2v) is 3.70. The van der Waals surface area contributed by atoms with E-state index in [1.807, 2.05) is 11.1 Å². The molecule has 1 aliphatic rings. The molecule has 0 atom stereocenters. The van der Waals surface area contributed by atoms with Gasteiger partial charge in [0.25, 0.3) is 0 Å². The summed E-state index contributed by atoms with van der Waals surface area (Å²) in [7, 11) is 1.45. The van der Waals surface area contributed by atoms with Gasteiger partial charge >= 0.3 is 0 Å². The SMILES string of the molecule is COc1ccc(CN2CCC(N)=N2)cc1F. The average molecular weight is 223 g/mol. The molecule has 0 amide bonds. The number of hydrogen-bond donors (Lipinski definition) is 1. The van der Waals surface area contributed by atoms with Crippen LogP contribution in [0.2, 0.25) is 0 Å². The Morgan fingerprint density at radius 1 is 1.56 bits per heavy atom. The molecule has 4 nitrogen and oxygen atoms in total. The van der Waals surface area contributed by atoms with E-state index in [9.17, 15) is 4.39 Å². The van der Waals surface area contributed by atoms with Crippen molar-refractivity contribution in [3.8, 4) is 5.75 Å². The normalized spacial score (nSPS) is 15.1. The van der Waals surface area contributed by atoms with E-state index in [2.05, 4.69) is 5.10 Å². The van der Waals surface area contributed by atoms with Crippen molar-refractivity contribution in [1.29, 1.82) is 0 Å². The van der Waals surface area contributed by atoms with Crippen molar-refractivity contribution >= 4 is 5.84 Å². The maximum atomic E-state index is 13.4. The summed E-state index contributed by atoms with van der Waals surface area (Å²) in [5, 5.41) is 5.96. The van der Waals surface area contributed by atoms with Crippen molar-refractivity contribution in [2.75, 3.05) is 13.7 Å². The lowest BCUT2D eigenvalue weighted by Crippen LogP contribution is -2.13. The van der Waals surface area contributed by atoms with Crippen LogP contribution in [0, 0.1) is 5.82 Å². The van der Waals surface area contributed by atoms with E-state index in [-0.39, 0.29) is 11.6 Å². The third-order valence-electron chi connectivity index (χ3n) is 2.48. The molecule has 0 fully saturated rings. The standard InChI is InChI=1S/C11H14FN3O/c1-16-10-3-2-8(6-9(10)12)7-15-5-4-11(13)14-15/h2-3,6H,4-5,7H2,1H3,(H2,13,14). The highest BCUT2D eigenvalue weighted by atomic mass is 19.1. The number of nitrogens with zero attached hydrogens (tertiary/aromatic N) is 2. The number of methoxy groups -OCH3 is 1. The lowest BCUT2D eigenvalue weighted by molar-refractivity contribution is 0.309. The van der Waals surface area contributed by atoms with Gasteiger partial charge in [0.2, 0.25) is 0 Å². The van der Waals surface area contributed by atoms with Crippen LogP contribution in [0.3, 0.4) is 0 Å². The first kappa shape index (κ1) is 10.7. The summed E-state index contributed by atoms with van der Waals surface area (Å²) in [5.74, 6) is 0.540. The number of ether oxygens (including phenoxy) is 1. The number of hydrogen-bond acceptors (Lipinski definition) is 4. The van der Waals surface area contributed by atoms with Crippen molar-refractivity contribution in [1.82, 2.24) is 5.01 Å². The molecule has 2 N–H and O–H groups in total. The highest BCUT2D eigenvalue weighted by Gasteiger charge is 2.12. The van der Waals surface area contributed by atoms with Gasteiger partial charge < -0.3 is 10.5 Å². The van der Waals surface area contributed by atoms with Crippen molar-refractivity contribution in [2.45, 2.75) is 13.0 Å². The lowest BCUT2D eigenvalue weighted by atomic mass is 10.2. The summed E-state index contributed by atoms with van der Waals surface area (Å²) in [5.41, 5.74) is 6.43. The average Bonchev–Trinajstić information content (AvgIpc) is 2.64. The second-order valence-electron chi connectivity index (χ2n) is 3.70. The van der Waals surface area contributed by atoms with Crippen LogP contribution in [-0.2, 0) is 6.54 Å². The molecule has 0 aromatic heterocycles. The second kappa shape index (κ2) is 4.38. The smallest absolute Gasteiger partial charge is 0.165 e. The molecule has 0 spiro atoms. The molecule has 1 heterocycles. The zero-order chi connectivity index (χ0) is 11.5. The maximum absolute atomic E-state index is 13.4. The van der Waals surface area contributed by atoms with E-state index in [0.29, 0.717) is 12.4 Å². The molecule has 5 heteroatoms. The molecule has 2 rings (SSSR count). The minimum atomic E-state index is -0.351. The van der Waals surface area contributed by atoms with Gasteiger partial charge in [0.05, 0.1) is 13.7 Å². The molecule has 0 unspecified atom stereocenters. The molecule has 0 bridgehead atoms. The molecule has 16 heavy (non-hydrogen) atoms. The highest BCUT2D eigenvalue weighted by Crippen LogP contribution is 2.19. The lowest BCUT2D eigenvalue weighted by Gasteiger charge is -2.13. The van der Waals surface area contributed by atoms with Gasteiger partial charge in [0.1, 0.15) is 5.84 Å². The Bertz CT molecular complexity index is 420. The van der Waals surface area contributed by atoms with Crippen molar-refractivity contribution in [3.05, 3.63) is 29.6 Å². The minimum Gasteiger partial charge on any atom is -0.494 e. The van der Waals surface area contributed by atoms with E-state index < -0.39 is 0 Å². The van der Waals surface area contributed by atoms with Crippen LogP contribution in [0.4, 0.5) is 4.39 Å². The predicted molar refractivity (Wildman–Crippen MR) is 59.6 cm³/mol. The molecule has 0 saturated carbocycles. The number of halogens is 1. The Morgan fingerprint density at radius 2 is 2.38 bits per heavy atom. The first-order valence-electron chi connectivity index (χ1n) is 5.09. The van der Waals surface area contributed by atoms with Crippen LogP contribution in [0.1, 0.15) is 12.0 Å². The van der Waals surface area contributed by atoms with Gasteiger partial charge in [-0.15, -0.1) is 0 Å². The maximum Gasteiger partial charge on any atom is 0.165 e. The van der Waals surface area contributed by atoms with Crippen molar-refractivity contribution in [2.24, 2.45) is 10.8 Å². The van der Waals surface area contributed by atoms with Gasteiger partial charge in [-0.3, -0.25) is 5.01 Å². The minimum absolute atomic E-state index is 0.258. The van der Waals surface area contributed by atoms with Gasteiger partial charge in [-0.05, 0) is 17.7 Å². The van der Waals surface area contributed by atoms with Crippen molar-refractivity contribution < 1.29 is 9.13 Å². The zero-order valence-electron chi connectivity index (χ0n) is 9.11. The highest BCUT2D eigenvalue weighted by molar-refractivity contribution is 5.81. The van der Waals surface area contributed by atoms with Crippen LogP contribution < -0.4 is 10.5 Å². The summed E-state index contributed by atoms with van der Waals surface area (Å²) >= 11 is 0. The fourth-order valence-electron chi connectivity index (χ4n) is 1.66. The fraction of sp³-hybridized carbons (Fsp3) is 0.364. The van der Waals surface area contributed by atoms with Gasteiger partial charge in [0, 0.05) is 13.0 Å². The monoisotopic (exact) mass is 223 g/mol. The Hall–Kier alpha value is -1.78. The summed E-state index contributed by atoms with van der Waals surface area (Å²) in [6, 6.07) is 4.91. The van der Waals surface area contributed by atoms with Crippen LogP contribution in [0.25, 0.3) is 0 Å². The molecular formula is C11H14FN3O. The number of nitrogens with two attached hydrogens (primary N) is 1. The Labute approximate surface area is 93.5 Å². The van der Waals surface area contributed by atoms with E-state index in [0.717, 1.165) is 18.5 Å². The van der Waals surface area contributed by atoms with Crippen LogP contribution >= 0.6 is 0 Å². The Kier molecular flexibility index (Phi) is 2.94. The summed E-state index contributed by atoms with van der Waals surface area (Å²) < 4.78 is 18.2. The Morgan fingerprint density at radius 3 is 2.94 bits per heavy atom. The molecule has 1 aromatic rings.